The van der Waals surface area contributed by atoms with Gasteiger partial charge in [0.1, 0.15) is 6.20 Å². The number of aromatic nitrogens is 3. The van der Waals surface area contributed by atoms with E-state index >= 15 is 0 Å². The lowest BCUT2D eigenvalue weighted by Gasteiger charge is -2.03. The van der Waals surface area contributed by atoms with E-state index in [2.05, 4.69) is 5.10 Å². The van der Waals surface area contributed by atoms with E-state index in [0.717, 1.165) is 10.9 Å². The summed E-state index contributed by atoms with van der Waals surface area (Å²) in [7, 11) is 0. The number of hydrogen-bond acceptors (Lipinski definition) is 5. The molecule has 0 unspecified atom stereocenters. The van der Waals surface area contributed by atoms with E-state index in [0.29, 0.717) is 5.56 Å². The van der Waals surface area contributed by atoms with Crippen molar-refractivity contribution < 1.29 is 4.92 Å². The van der Waals surface area contributed by atoms with Crippen LogP contribution in [0.1, 0.15) is 5.56 Å². The number of nitro benzene ring substituents is 1. The number of aromatic amines is 1. The van der Waals surface area contributed by atoms with Gasteiger partial charge in [-0.25, -0.2) is 9.48 Å². The van der Waals surface area contributed by atoms with Crippen molar-refractivity contribution in [2.45, 2.75) is 6.54 Å². The first-order valence-corrected chi connectivity index (χ1v) is 4.96. The Morgan fingerprint density at radius 3 is 2.72 bits per heavy atom. The molecule has 2 rings (SSSR count). The predicted octanol–water partition coefficient (Wildman–Crippen LogP) is -0.112. The van der Waals surface area contributed by atoms with Crippen LogP contribution in [-0.2, 0) is 6.54 Å². The summed E-state index contributed by atoms with van der Waals surface area (Å²) in [4.78, 5) is 34.5. The van der Waals surface area contributed by atoms with Crippen LogP contribution in [0.2, 0.25) is 0 Å². The maximum absolute atomic E-state index is 11.4. The first-order chi connectivity index (χ1) is 8.58. The molecule has 1 aromatic heterocycles. The Labute approximate surface area is 99.7 Å². The largest absolute Gasteiger partial charge is 0.345 e. The van der Waals surface area contributed by atoms with Gasteiger partial charge < -0.3 is 0 Å². The van der Waals surface area contributed by atoms with Crippen LogP contribution in [0.3, 0.4) is 0 Å². The second kappa shape index (κ2) is 4.62. The Kier molecular flexibility index (Phi) is 3.00. The molecular weight excluding hydrogens is 240 g/mol. The molecule has 8 nitrogen and oxygen atoms in total. The maximum Gasteiger partial charge on any atom is 0.345 e. The Balaban J connectivity index is 2.43. The van der Waals surface area contributed by atoms with Gasteiger partial charge in [0.25, 0.3) is 11.2 Å². The minimum Gasteiger partial charge on any atom is -0.271 e. The number of para-hydroxylation sites is 1. The molecule has 92 valence electrons. The molecule has 0 aliphatic rings. The summed E-state index contributed by atoms with van der Waals surface area (Å²) in [5, 5.41) is 14.4. The van der Waals surface area contributed by atoms with E-state index < -0.39 is 16.2 Å². The second-order valence-electron chi connectivity index (χ2n) is 3.48. The zero-order chi connectivity index (χ0) is 13.1. The Bertz CT molecular complexity index is 703. The first kappa shape index (κ1) is 11.7. The highest BCUT2D eigenvalue weighted by Crippen LogP contribution is 2.17. The summed E-state index contributed by atoms with van der Waals surface area (Å²) in [5.41, 5.74) is -1.08. The number of rotatable bonds is 3. The van der Waals surface area contributed by atoms with Crippen LogP contribution in [-0.4, -0.2) is 19.7 Å². The summed E-state index contributed by atoms with van der Waals surface area (Å²) < 4.78 is 0.948. The predicted molar refractivity (Wildman–Crippen MR) is 61.3 cm³/mol. The molecule has 0 aliphatic carbocycles. The molecule has 18 heavy (non-hydrogen) atoms. The molecule has 1 aromatic carbocycles. The fraction of sp³-hybridized carbons (Fsp3) is 0.100. The molecule has 0 aliphatic heterocycles. The van der Waals surface area contributed by atoms with Gasteiger partial charge >= 0.3 is 5.69 Å². The molecule has 0 saturated heterocycles. The van der Waals surface area contributed by atoms with Gasteiger partial charge in [-0.3, -0.25) is 19.9 Å². The van der Waals surface area contributed by atoms with Crippen molar-refractivity contribution in [3.05, 3.63) is 67.0 Å². The third-order valence-corrected chi connectivity index (χ3v) is 2.29. The summed E-state index contributed by atoms with van der Waals surface area (Å²) in [5.74, 6) is 0. The highest BCUT2D eigenvalue weighted by Gasteiger charge is 2.13. The van der Waals surface area contributed by atoms with Gasteiger partial charge in [0, 0.05) is 6.07 Å². The SMILES string of the molecule is O=c1cnn(Cc2ccccc2[N+](=O)[O-])c(=O)[nH]1. The molecule has 0 spiro atoms. The van der Waals surface area contributed by atoms with Crippen LogP contribution in [0.5, 0.6) is 0 Å². The number of nitrogens with zero attached hydrogens (tertiary/aromatic N) is 3. The third-order valence-electron chi connectivity index (χ3n) is 2.29. The molecule has 0 saturated carbocycles. The smallest absolute Gasteiger partial charge is 0.271 e. The topological polar surface area (TPSA) is 111 Å². The van der Waals surface area contributed by atoms with Gasteiger partial charge in [0.2, 0.25) is 0 Å². The number of nitrogens with one attached hydrogen (secondary N) is 1. The molecule has 1 N–H and O–H groups in total. The minimum atomic E-state index is -0.708. The van der Waals surface area contributed by atoms with E-state index in [9.17, 15) is 19.7 Å². The first-order valence-electron chi connectivity index (χ1n) is 4.96. The normalized spacial score (nSPS) is 10.2. The van der Waals surface area contributed by atoms with E-state index in [1.807, 2.05) is 4.98 Å². The molecule has 8 heteroatoms. The molecule has 0 amide bonds. The second-order valence-corrected chi connectivity index (χ2v) is 3.48. The van der Waals surface area contributed by atoms with E-state index in [-0.39, 0.29) is 12.2 Å². The molecule has 0 bridgehead atoms. The highest BCUT2D eigenvalue weighted by atomic mass is 16.6. The van der Waals surface area contributed by atoms with Gasteiger partial charge in [-0.05, 0) is 0 Å². The molecule has 0 fully saturated rings. The number of nitro groups is 1. The fourth-order valence-electron chi connectivity index (χ4n) is 1.47. The maximum atomic E-state index is 11.4. The lowest BCUT2D eigenvalue weighted by Crippen LogP contribution is -2.31. The Morgan fingerprint density at radius 2 is 2.06 bits per heavy atom. The summed E-state index contributed by atoms with van der Waals surface area (Å²) in [6.07, 6.45) is 0.941. The molecule has 2 aromatic rings. The van der Waals surface area contributed by atoms with Crippen LogP contribution in [0.15, 0.2) is 40.1 Å². The van der Waals surface area contributed by atoms with Crippen molar-refractivity contribution >= 4 is 5.69 Å². The Morgan fingerprint density at radius 1 is 1.33 bits per heavy atom. The highest BCUT2D eigenvalue weighted by molar-refractivity contribution is 5.39. The standard InChI is InChI=1S/C10H8N4O4/c15-9-5-11-13(10(16)12-9)6-7-3-1-2-4-8(7)14(17)18/h1-5H,6H2,(H,12,15,16). The average Bonchev–Trinajstić information content (AvgIpc) is 2.33. The van der Waals surface area contributed by atoms with E-state index in [1.54, 1.807) is 6.07 Å². The van der Waals surface area contributed by atoms with Crippen LogP contribution >= 0.6 is 0 Å². The fourth-order valence-corrected chi connectivity index (χ4v) is 1.47. The lowest BCUT2D eigenvalue weighted by molar-refractivity contribution is -0.385. The zero-order valence-corrected chi connectivity index (χ0v) is 9.07. The average molecular weight is 248 g/mol. The van der Waals surface area contributed by atoms with Gasteiger partial charge in [-0.15, -0.1) is 0 Å². The van der Waals surface area contributed by atoms with E-state index in [4.69, 9.17) is 0 Å². The van der Waals surface area contributed by atoms with Gasteiger partial charge in [0.05, 0.1) is 17.0 Å². The van der Waals surface area contributed by atoms with Crippen molar-refractivity contribution in [3.8, 4) is 0 Å². The molecule has 1 heterocycles. The van der Waals surface area contributed by atoms with Crippen LogP contribution in [0.4, 0.5) is 5.69 Å². The molecule has 0 atom stereocenters. The summed E-state index contributed by atoms with van der Waals surface area (Å²) >= 11 is 0. The zero-order valence-electron chi connectivity index (χ0n) is 9.07. The quantitative estimate of drug-likeness (QED) is 0.601. The van der Waals surface area contributed by atoms with Crippen LogP contribution in [0, 0.1) is 10.1 Å². The molecule has 0 radical (unpaired) electrons. The van der Waals surface area contributed by atoms with Crippen molar-refractivity contribution in [3.63, 3.8) is 0 Å². The van der Waals surface area contributed by atoms with Crippen molar-refractivity contribution in [2.24, 2.45) is 0 Å². The lowest BCUT2D eigenvalue weighted by atomic mass is 10.2. The van der Waals surface area contributed by atoms with Crippen LogP contribution in [0.25, 0.3) is 0 Å². The van der Waals surface area contributed by atoms with Crippen molar-refractivity contribution in [1.82, 2.24) is 14.8 Å². The van der Waals surface area contributed by atoms with Crippen molar-refractivity contribution in [1.29, 1.82) is 0 Å². The van der Waals surface area contributed by atoms with Crippen molar-refractivity contribution in [2.75, 3.05) is 0 Å². The van der Waals surface area contributed by atoms with Gasteiger partial charge in [0.15, 0.2) is 0 Å². The monoisotopic (exact) mass is 248 g/mol. The summed E-state index contributed by atoms with van der Waals surface area (Å²) in [6.45, 7) is -0.0766. The van der Waals surface area contributed by atoms with Gasteiger partial charge in [-0.2, -0.15) is 5.10 Å². The van der Waals surface area contributed by atoms with E-state index in [1.165, 1.54) is 18.2 Å². The molecular formula is C10H8N4O4. The van der Waals surface area contributed by atoms with Crippen LogP contribution < -0.4 is 11.2 Å². The van der Waals surface area contributed by atoms with Gasteiger partial charge in [-0.1, -0.05) is 18.2 Å². The number of benzene rings is 1. The Hall–Kier alpha value is -2.77. The number of H-pyrrole nitrogens is 1. The summed E-state index contributed by atoms with van der Waals surface area (Å²) in [6, 6.07) is 6.02. The number of hydrogen-bond donors (Lipinski definition) is 1. The third kappa shape index (κ3) is 2.32. The minimum absolute atomic E-state index is 0.0766.